The van der Waals surface area contributed by atoms with Crippen molar-refractivity contribution in [1.29, 1.82) is 0 Å². The molecule has 2 amide bonds. The molecule has 1 N–H and O–H groups in total. The summed E-state index contributed by atoms with van der Waals surface area (Å²) in [5.74, 6) is -0.550. The van der Waals surface area contributed by atoms with Crippen molar-refractivity contribution in [3.63, 3.8) is 0 Å². The quantitative estimate of drug-likeness (QED) is 0.310. The number of hydrogen-bond acceptors (Lipinski definition) is 5. The van der Waals surface area contributed by atoms with Crippen LogP contribution in [0.5, 0.6) is 5.75 Å². The maximum absolute atomic E-state index is 14.0. The summed E-state index contributed by atoms with van der Waals surface area (Å²) in [4.78, 5) is 28.5. The first-order chi connectivity index (χ1) is 18.6. The molecule has 0 aliphatic carbocycles. The normalized spacial score (nSPS) is 12.7. The Balaban J connectivity index is 2.04. The summed E-state index contributed by atoms with van der Waals surface area (Å²) in [7, 11) is -2.72. The number of hydrogen-bond donors (Lipinski definition) is 1. The van der Waals surface area contributed by atoms with Crippen molar-refractivity contribution in [2.45, 2.75) is 50.7 Å². The number of ether oxygens (including phenoxy) is 1. The van der Waals surface area contributed by atoms with Gasteiger partial charge < -0.3 is 15.0 Å². The number of carbonyl (C=O) groups is 2. The number of carbonyl (C=O) groups excluding carboxylic acids is 2. The fourth-order valence-corrected chi connectivity index (χ4v) is 5.61. The van der Waals surface area contributed by atoms with Gasteiger partial charge in [0.1, 0.15) is 18.3 Å². The van der Waals surface area contributed by atoms with E-state index < -0.39 is 28.5 Å². The van der Waals surface area contributed by atoms with Crippen LogP contribution in [-0.2, 0) is 26.2 Å². The van der Waals surface area contributed by atoms with Crippen LogP contribution in [0, 0.1) is 0 Å². The van der Waals surface area contributed by atoms with Crippen LogP contribution in [-0.4, -0.2) is 50.9 Å². The van der Waals surface area contributed by atoms with Gasteiger partial charge in [0.25, 0.3) is 10.0 Å². The molecule has 39 heavy (non-hydrogen) atoms. The number of benzene rings is 3. The van der Waals surface area contributed by atoms with Gasteiger partial charge in [-0.2, -0.15) is 0 Å². The third kappa shape index (κ3) is 7.60. The number of rotatable bonds is 12. The molecule has 0 aliphatic heterocycles. The maximum atomic E-state index is 14.0. The Bertz CT molecular complexity index is 1370. The minimum atomic E-state index is -4.16. The molecule has 0 aliphatic rings. The van der Waals surface area contributed by atoms with Gasteiger partial charge in [0, 0.05) is 17.1 Å². The lowest BCUT2D eigenvalue weighted by Crippen LogP contribution is -2.52. The van der Waals surface area contributed by atoms with E-state index in [1.165, 1.54) is 24.1 Å². The van der Waals surface area contributed by atoms with Crippen LogP contribution in [0.2, 0.25) is 0 Å². The van der Waals surface area contributed by atoms with Gasteiger partial charge in [-0.3, -0.25) is 13.9 Å². The molecule has 8 nitrogen and oxygen atoms in total. The predicted octanol–water partition coefficient (Wildman–Crippen LogP) is 4.99. The van der Waals surface area contributed by atoms with E-state index in [0.29, 0.717) is 5.75 Å². The number of nitrogens with zero attached hydrogens (tertiary/aromatic N) is 2. The molecule has 3 rings (SSSR count). The Morgan fingerprint density at radius 2 is 1.56 bits per heavy atom. The smallest absolute Gasteiger partial charge is 0.264 e. The average Bonchev–Trinajstić information content (AvgIpc) is 2.95. The number of halogens is 1. The second-order valence-electron chi connectivity index (χ2n) is 9.14. The van der Waals surface area contributed by atoms with Crippen molar-refractivity contribution < 1.29 is 22.7 Å². The SMILES string of the molecule is CC[C@@H](C)NC(=O)[C@H](C)N(Cc1ccc(Br)cc1)C(=O)CN(c1ccccc1OC)S(=O)(=O)c1ccccc1. The van der Waals surface area contributed by atoms with E-state index in [9.17, 15) is 18.0 Å². The van der Waals surface area contributed by atoms with Gasteiger partial charge in [0.15, 0.2) is 0 Å². The van der Waals surface area contributed by atoms with E-state index >= 15 is 0 Å². The molecule has 0 fully saturated rings. The number of methoxy groups -OCH3 is 1. The highest BCUT2D eigenvalue weighted by atomic mass is 79.9. The second-order valence-corrected chi connectivity index (χ2v) is 11.9. The fourth-order valence-electron chi connectivity index (χ4n) is 3.90. The molecule has 0 spiro atoms. The van der Waals surface area contributed by atoms with Crippen molar-refractivity contribution in [3.05, 3.63) is 88.9 Å². The lowest BCUT2D eigenvalue weighted by Gasteiger charge is -2.32. The van der Waals surface area contributed by atoms with Crippen LogP contribution >= 0.6 is 15.9 Å². The van der Waals surface area contributed by atoms with Crippen molar-refractivity contribution in [2.24, 2.45) is 0 Å². The van der Waals surface area contributed by atoms with Gasteiger partial charge in [-0.15, -0.1) is 0 Å². The Labute approximate surface area is 239 Å². The molecule has 2 atom stereocenters. The molecule has 0 aromatic heterocycles. The summed E-state index contributed by atoms with van der Waals surface area (Å²) >= 11 is 3.41. The van der Waals surface area contributed by atoms with Crippen molar-refractivity contribution in [2.75, 3.05) is 18.0 Å². The molecule has 0 heterocycles. The molecular weight excluding hydrogens is 582 g/mol. The summed E-state index contributed by atoms with van der Waals surface area (Å²) < 4.78 is 35.1. The van der Waals surface area contributed by atoms with Crippen LogP contribution in [0.15, 0.2) is 88.2 Å². The molecule has 0 radical (unpaired) electrons. The Morgan fingerprint density at radius 1 is 0.949 bits per heavy atom. The molecule has 0 bridgehead atoms. The maximum Gasteiger partial charge on any atom is 0.264 e. The second kappa shape index (κ2) is 13.6. The first kappa shape index (κ1) is 30.2. The van der Waals surface area contributed by atoms with E-state index in [1.807, 2.05) is 38.1 Å². The number of anilines is 1. The zero-order valence-electron chi connectivity index (χ0n) is 22.5. The standard InChI is InChI=1S/C29H34BrN3O5S/c1-5-21(2)31-29(35)22(3)32(19-23-15-17-24(30)18-16-23)28(34)20-33(26-13-9-10-14-27(26)38-4)39(36,37)25-11-7-6-8-12-25/h6-18,21-22H,5,19-20H2,1-4H3,(H,31,35)/t21-,22+/m1/s1. The van der Waals surface area contributed by atoms with Crippen LogP contribution in [0.25, 0.3) is 0 Å². The van der Waals surface area contributed by atoms with Crippen molar-refractivity contribution >= 4 is 43.5 Å². The lowest BCUT2D eigenvalue weighted by molar-refractivity contribution is -0.139. The fraction of sp³-hybridized carbons (Fsp3) is 0.310. The first-order valence-corrected chi connectivity index (χ1v) is 14.9. The molecular formula is C29H34BrN3O5S. The zero-order valence-corrected chi connectivity index (χ0v) is 24.9. The Kier molecular flexibility index (Phi) is 10.5. The minimum Gasteiger partial charge on any atom is -0.495 e. The van der Waals surface area contributed by atoms with Crippen LogP contribution < -0.4 is 14.4 Å². The Hall–Kier alpha value is -3.37. The van der Waals surface area contributed by atoms with Gasteiger partial charge in [0.2, 0.25) is 11.8 Å². The molecule has 3 aromatic rings. The van der Waals surface area contributed by atoms with E-state index in [-0.39, 0.29) is 29.1 Å². The van der Waals surface area contributed by atoms with Gasteiger partial charge >= 0.3 is 0 Å². The van der Waals surface area contributed by atoms with Gasteiger partial charge in [0.05, 0.1) is 17.7 Å². The molecule has 0 saturated heterocycles. The summed E-state index contributed by atoms with van der Waals surface area (Å²) in [5.41, 5.74) is 1.02. The van der Waals surface area contributed by atoms with Gasteiger partial charge in [-0.05, 0) is 62.2 Å². The first-order valence-electron chi connectivity index (χ1n) is 12.6. The Morgan fingerprint density at radius 3 is 2.18 bits per heavy atom. The summed E-state index contributed by atoms with van der Waals surface area (Å²) in [6.45, 7) is 5.08. The highest BCUT2D eigenvalue weighted by Gasteiger charge is 2.33. The molecule has 208 valence electrons. The number of sulfonamides is 1. The minimum absolute atomic E-state index is 0.0331. The number of para-hydroxylation sites is 2. The summed E-state index contributed by atoms with van der Waals surface area (Å²) in [6, 6.07) is 21.0. The molecule has 10 heteroatoms. The van der Waals surface area contributed by atoms with Gasteiger partial charge in [-0.1, -0.05) is 65.3 Å². The van der Waals surface area contributed by atoms with E-state index in [4.69, 9.17) is 4.74 Å². The average molecular weight is 617 g/mol. The lowest BCUT2D eigenvalue weighted by atomic mass is 10.1. The topological polar surface area (TPSA) is 96.0 Å². The third-order valence-corrected chi connectivity index (χ3v) is 8.70. The molecule has 3 aromatic carbocycles. The van der Waals surface area contributed by atoms with Crippen molar-refractivity contribution in [3.8, 4) is 5.75 Å². The van der Waals surface area contributed by atoms with E-state index in [1.54, 1.807) is 49.4 Å². The molecule has 0 unspecified atom stereocenters. The van der Waals surface area contributed by atoms with E-state index in [2.05, 4.69) is 21.2 Å². The largest absolute Gasteiger partial charge is 0.495 e. The number of amides is 2. The van der Waals surface area contributed by atoms with Crippen LogP contribution in [0.4, 0.5) is 5.69 Å². The summed E-state index contributed by atoms with van der Waals surface area (Å²) in [5, 5.41) is 2.93. The van der Waals surface area contributed by atoms with Crippen LogP contribution in [0.3, 0.4) is 0 Å². The third-order valence-electron chi connectivity index (χ3n) is 6.40. The highest BCUT2D eigenvalue weighted by molar-refractivity contribution is 9.10. The predicted molar refractivity (Wildman–Crippen MR) is 156 cm³/mol. The summed E-state index contributed by atoms with van der Waals surface area (Å²) in [6.07, 6.45) is 0.732. The van der Waals surface area contributed by atoms with Crippen LogP contribution in [0.1, 0.15) is 32.8 Å². The molecule has 0 saturated carbocycles. The van der Waals surface area contributed by atoms with Crippen molar-refractivity contribution in [1.82, 2.24) is 10.2 Å². The number of nitrogens with one attached hydrogen (secondary N) is 1. The van der Waals surface area contributed by atoms with E-state index in [0.717, 1.165) is 20.8 Å². The van der Waals surface area contributed by atoms with Gasteiger partial charge in [-0.25, -0.2) is 8.42 Å². The zero-order chi connectivity index (χ0) is 28.6. The monoisotopic (exact) mass is 615 g/mol. The highest BCUT2D eigenvalue weighted by Crippen LogP contribution is 2.32.